The molecule has 2 aliphatic rings. The molecule has 25 heavy (non-hydrogen) atoms. The maximum absolute atomic E-state index is 12.5. The first-order valence-corrected chi connectivity index (χ1v) is 9.06. The second-order valence-electron chi connectivity index (χ2n) is 8.32. The van der Waals surface area contributed by atoms with Crippen LogP contribution >= 0.6 is 0 Å². The summed E-state index contributed by atoms with van der Waals surface area (Å²) in [5.74, 6) is -0.401. The minimum Gasteiger partial charge on any atom is -0.478 e. The van der Waals surface area contributed by atoms with Crippen LogP contribution in [0.2, 0.25) is 0 Å². The molecule has 2 heterocycles. The molecule has 2 unspecified atom stereocenters. The molecule has 1 aromatic carbocycles. The molecular weight excluding hydrogens is 318 g/mol. The van der Waals surface area contributed by atoms with Crippen molar-refractivity contribution in [2.45, 2.75) is 70.6 Å². The van der Waals surface area contributed by atoms with Crippen LogP contribution in [0, 0.1) is 5.92 Å². The van der Waals surface area contributed by atoms with Crippen LogP contribution in [-0.2, 0) is 11.2 Å². The van der Waals surface area contributed by atoms with Crippen molar-refractivity contribution in [3.8, 4) is 0 Å². The maximum Gasteiger partial charge on any atom is 0.410 e. The fourth-order valence-electron chi connectivity index (χ4n) is 4.23. The topological polar surface area (TPSA) is 66.8 Å². The van der Waals surface area contributed by atoms with Crippen LogP contribution in [-0.4, -0.2) is 39.8 Å². The van der Waals surface area contributed by atoms with E-state index in [1.165, 1.54) is 0 Å². The van der Waals surface area contributed by atoms with Gasteiger partial charge < -0.3 is 14.7 Å². The smallest absolute Gasteiger partial charge is 0.410 e. The fraction of sp³-hybridized carbons (Fsp3) is 0.600. The number of amides is 1. The number of hydrogen-bond acceptors (Lipinski definition) is 3. The van der Waals surface area contributed by atoms with Crippen LogP contribution in [0.25, 0.3) is 0 Å². The summed E-state index contributed by atoms with van der Waals surface area (Å²) in [6.07, 6.45) is 4.69. The number of ether oxygens (including phenoxy) is 1. The van der Waals surface area contributed by atoms with Gasteiger partial charge in [-0.05, 0) is 76.5 Å². The Morgan fingerprint density at radius 2 is 1.84 bits per heavy atom. The van der Waals surface area contributed by atoms with Crippen molar-refractivity contribution in [2.75, 3.05) is 0 Å². The summed E-state index contributed by atoms with van der Waals surface area (Å²) in [6.45, 7) is 5.69. The van der Waals surface area contributed by atoms with E-state index in [0.29, 0.717) is 11.5 Å². The Morgan fingerprint density at radius 3 is 2.40 bits per heavy atom. The molecule has 2 aliphatic heterocycles. The molecule has 0 spiro atoms. The molecule has 2 bridgehead atoms. The second kappa shape index (κ2) is 6.70. The van der Waals surface area contributed by atoms with Gasteiger partial charge in [-0.1, -0.05) is 12.1 Å². The van der Waals surface area contributed by atoms with Gasteiger partial charge in [-0.25, -0.2) is 9.59 Å². The van der Waals surface area contributed by atoms with Gasteiger partial charge in [-0.15, -0.1) is 0 Å². The lowest BCUT2D eigenvalue weighted by Gasteiger charge is -2.39. The minimum absolute atomic E-state index is 0.189. The van der Waals surface area contributed by atoms with Crippen LogP contribution in [0.3, 0.4) is 0 Å². The van der Waals surface area contributed by atoms with Gasteiger partial charge in [-0.2, -0.15) is 0 Å². The zero-order valence-electron chi connectivity index (χ0n) is 15.2. The van der Waals surface area contributed by atoms with Crippen molar-refractivity contribution in [2.24, 2.45) is 5.92 Å². The minimum atomic E-state index is -0.887. The van der Waals surface area contributed by atoms with Crippen molar-refractivity contribution in [1.82, 2.24) is 4.90 Å². The number of piperidine rings is 1. The highest BCUT2D eigenvalue weighted by atomic mass is 16.6. The molecule has 2 atom stereocenters. The van der Waals surface area contributed by atoms with Gasteiger partial charge in [0.25, 0.3) is 0 Å². The zero-order chi connectivity index (χ0) is 18.2. The lowest BCUT2D eigenvalue weighted by atomic mass is 9.85. The molecule has 5 heteroatoms. The van der Waals surface area contributed by atoms with Crippen molar-refractivity contribution < 1.29 is 19.4 Å². The molecule has 0 radical (unpaired) electrons. The van der Waals surface area contributed by atoms with E-state index in [4.69, 9.17) is 9.84 Å². The Morgan fingerprint density at radius 1 is 1.20 bits per heavy atom. The molecule has 2 fully saturated rings. The molecule has 0 aliphatic carbocycles. The molecule has 1 aromatic rings. The third-order valence-electron chi connectivity index (χ3n) is 5.13. The number of hydrogen-bond donors (Lipinski definition) is 1. The summed E-state index contributed by atoms with van der Waals surface area (Å²) in [5.41, 5.74) is 0.937. The third-order valence-corrected chi connectivity index (χ3v) is 5.13. The van der Waals surface area contributed by atoms with Gasteiger partial charge in [0, 0.05) is 12.1 Å². The van der Waals surface area contributed by atoms with Gasteiger partial charge in [0.2, 0.25) is 0 Å². The Labute approximate surface area is 149 Å². The van der Waals surface area contributed by atoms with Gasteiger partial charge in [0.05, 0.1) is 5.56 Å². The first-order valence-electron chi connectivity index (χ1n) is 9.06. The van der Waals surface area contributed by atoms with Gasteiger partial charge >= 0.3 is 12.1 Å². The Kier molecular flexibility index (Phi) is 4.76. The SMILES string of the molecule is CC(C)(C)OC(=O)N1C2CCC1CC(Cc1cccc(C(=O)O)c1)C2. The lowest BCUT2D eigenvalue weighted by molar-refractivity contribution is 0.00214. The quantitative estimate of drug-likeness (QED) is 0.895. The van der Waals surface area contributed by atoms with E-state index in [9.17, 15) is 9.59 Å². The Bertz CT molecular complexity index is 650. The highest BCUT2D eigenvalue weighted by Gasteiger charge is 2.44. The number of carbonyl (C=O) groups is 2. The van der Waals surface area contributed by atoms with Gasteiger partial charge in [-0.3, -0.25) is 0 Å². The number of carboxylic acids is 1. The number of carboxylic acid groups (broad SMARTS) is 1. The number of benzene rings is 1. The van der Waals surface area contributed by atoms with E-state index in [1.807, 2.05) is 37.8 Å². The maximum atomic E-state index is 12.5. The van der Waals surface area contributed by atoms with Crippen molar-refractivity contribution in [3.63, 3.8) is 0 Å². The van der Waals surface area contributed by atoms with E-state index in [2.05, 4.69) is 0 Å². The van der Waals surface area contributed by atoms with E-state index >= 15 is 0 Å². The van der Waals surface area contributed by atoms with E-state index < -0.39 is 11.6 Å². The number of carbonyl (C=O) groups excluding carboxylic acids is 1. The molecule has 1 N–H and O–H groups in total. The third kappa shape index (κ3) is 4.14. The van der Waals surface area contributed by atoms with Crippen LogP contribution in [0.5, 0.6) is 0 Å². The predicted octanol–water partition coefficient (Wildman–Crippen LogP) is 4.11. The molecule has 5 nitrogen and oxygen atoms in total. The predicted molar refractivity (Wildman–Crippen MR) is 94.7 cm³/mol. The molecule has 1 amide bonds. The van der Waals surface area contributed by atoms with Gasteiger partial charge in [0.15, 0.2) is 0 Å². The highest BCUT2D eigenvalue weighted by molar-refractivity contribution is 5.87. The van der Waals surface area contributed by atoms with E-state index in [-0.39, 0.29) is 18.2 Å². The first-order chi connectivity index (χ1) is 11.7. The average Bonchev–Trinajstić information content (AvgIpc) is 2.77. The molecule has 3 rings (SSSR count). The normalized spacial score (nSPS) is 25.7. The van der Waals surface area contributed by atoms with Crippen LogP contribution in [0.1, 0.15) is 62.4 Å². The van der Waals surface area contributed by atoms with Crippen molar-refractivity contribution in [1.29, 1.82) is 0 Å². The number of nitrogens with zero attached hydrogens (tertiary/aromatic N) is 1. The van der Waals surface area contributed by atoms with Crippen molar-refractivity contribution in [3.05, 3.63) is 35.4 Å². The van der Waals surface area contributed by atoms with E-state index in [0.717, 1.165) is 37.7 Å². The summed E-state index contributed by atoms with van der Waals surface area (Å²) in [4.78, 5) is 25.6. The van der Waals surface area contributed by atoms with Crippen LogP contribution < -0.4 is 0 Å². The lowest BCUT2D eigenvalue weighted by Crippen LogP contribution is -2.48. The average molecular weight is 345 g/mol. The number of aromatic carboxylic acids is 1. The standard InChI is InChI=1S/C20H27NO4/c1-20(2,3)25-19(24)21-16-7-8-17(21)12-14(11-16)9-13-5-4-6-15(10-13)18(22)23/h4-6,10,14,16-17H,7-9,11-12H2,1-3H3,(H,22,23). The molecule has 2 saturated heterocycles. The van der Waals surface area contributed by atoms with Crippen LogP contribution in [0.4, 0.5) is 4.79 Å². The summed E-state index contributed by atoms with van der Waals surface area (Å²) < 4.78 is 5.58. The molecule has 136 valence electrons. The monoisotopic (exact) mass is 345 g/mol. The molecular formula is C20H27NO4. The Hall–Kier alpha value is -2.04. The fourth-order valence-corrected chi connectivity index (χ4v) is 4.23. The molecule has 0 aromatic heterocycles. The zero-order valence-corrected chi connectivity index (χ0v) is 15.2. The largest absolute Gasteiger partial charge is 0.478 e. The molecule has 0 saturated carbocycles. The van der Waals surface area contributed by atoms with E-state index in [1.54, 1.807) is 12.1 Å². The second-order valence-corrected chi connectivity index (χ2v) is 8.32. The van der Waals surface area contributed by atoms with Gasteiger partial charge in [0.1, 0.15) is 5.60 Å². The summed E-state index contributed by atoms with van der Waals surface area (Å²) in [6, 6.07) is 7.70. The van der Waals surface area contributed by atoms with Crippen LogP contribution in [0.15, 0.2) is 24.3 Å². The highest BCUT2D eigenvalue weighted by Crippen LogP contribution is 2.40. The summed E-state index contributed by atoms with van der Waals surface area (Å²) in [7, 11) is 0. The summed E-state index contributed by atoms with van der Waals surface area (Å²) in [5, 5.41) is 9.14. The summed E-state index contributed by atoms with van der Waals surface area (Å²) >= 11 is 0. The first kappa shape index (κ1) is 17.8. The Balaban J connectivity index is 1.65. The van der Waals surface area contributed by atoms with Crippen molar-refractivity contribution >= 4 is 12.1 Å². The number of rotatable bonds is 3. The number of fused-ring (bicyclic) bond motifs is 2.